The number of nitro benzene ring substituents is 1. The molecule has 0 aliphatic rings. The summed E-state index contributed by atoms with van der Waals surface area (Å²) in [5.41, 5.74) is 5.90. The molecule has 0 saturated carbocycles. The average molecular weight is 340 g/mol. The summed E-state index contributed by atoms with van der Waals surface area (Å²) in [6, 6.07) is 12.2. The number of aromatic nitrogens is 3. The van der Waals surface area contributed by atoms with E-state index in [4.69, 9.17) is 0 Å². The number of nitro groups is 1. The highest BCUT2D eigenvalue weighted by Gasteiger charge is 2.12. The number of hydrazine groups is 1. The maximum absolute atomic E-state index is 11.9. The predicted octanol–water partition coefficient (Wildman–Crippen LogP) is 0.801. The number of benzene rings is 2. The monoisotopic (exact) mass is 340 g/mol. The van der Waals surface area contributed by atoms with E-state index in [-0.39, 0.29) is 17.8 Å². The highest BCUT2D eigenvalue weighted by molar-refractivity contribution is 5.95. The van der Waals surface area contributed by atoms with E-state index in [1.807, 2.05) is 6.07 Å². The van der Waals surface area contributed by atoms with Gasteiger partial charge in [-0.3, -0.25) is 30.6 Å². The Morgan fingerprint density at radius 2 is 1.80 bits per heavy atom. The van der Waals surface area contributed by atoms with E-state index < -0.39 is 16.7 Å². The van der Waals surface area contributed by atoms with Crippen molar-refractivity contribution in [3.05, 3.63) is 64.2 Å². The maximum atomic E-state index is 11.9. The third kappa shape index (κ3) is 3.58. The number of rotatable bonds is 4. The molecule has 1 aromatic heterocycles. The number of carbonyl (C=O) groups is 2. The zero-order valence-electron chi connectivity index (χ0n) is 12.7. The number of nitrogens with zero attached hydrogens (tertiary/aromatic N) is 4. The third-order valence-electron chi connectivity index (χ3n) is 3.37. The van der Waals surface area contributed by atoms with E-state index in [0.717, 1.165) is 0 Å². The molecule has 25 heavy (non-hydrogen) atoms. The van der Waals surface area contributed by atoms with Gasteiger partial charge in [-0.15, -0.1) is 5.10 Å². The van der Waals surface area contributed by atoms with E-state index in [1.54, 1.807) is 18.2 Å². The molecular weight excluding hydrogens is 328 g/mol. The van der Waals surface area contributed by atoms with Crippen molar-refractivity contribution in [1.82, 2.24) is 25.8 Å². The molecule has 0 saturated heterocycles. The van der Waals surface area contributed by atoms with Crippen LogP contribution >= 0.6 is 0 Å². The van der Waals surface area contributed by atoms with Gasteiger partial charge in [0.15, 0.2) is 0 Å². The van der Waals surface area contributed by atoms with Crippen LogP contribution in [0.25, 0.3) is 11.0 Å². The van der Waals surface area contributed by atoms with Crippen LogP contribution in [-0.2, 0) is 11.3 Å². The topological polar surface area (TPSA) is 132 Å². The Hall–Kier alpha value is -3.82. The van der Waals surface area contributed by atoms with Crippen LogP contribution in [-0.4, -0.2) is 31.7 Å². The van der Waals surface area contributed by atoms with Crippen molar-refractivity contribution >= 4 is 28.5 Å². The van der Waals surface area contributed by atoms with Gasteiger partial charge < -0.3 is 0 Å². The Labute approximate surface area is 140 Å². The average Bonchev–Trinajstić information content (AvgIpc) is 3.03. The number of non-ortho nitro benzene ring substituents is 1. The summed E-state index contributed by atoms with van der Waals surface area (Å²) >= 11 is 0. The van der Waals surface area contributed by atoms with Crippen molar-refractivity contribution in [3.63, 3.8) is 0 Å². The zero-order chi connectivity index (χ0) is 17.8. The second kappa shape index (κ2) is 6.74. The summed E-state index contributed by atoms with van der Waals surface area (Å²) in [5, 5.41) is 18.4. The molecule has 0 aliphatic carbocycles. The SMILES string of the molecule is O=C(Cn1nnc2ccccc21)NNC(=O)c1ccc([N+](=O)[O-])cc1. The summed E-state index contributed by atoms with van der Waals surface area (Å²) in [6.45, 7) is -0.124. The van der Waals surface area contributed by atoms with Crippen molar-refractivity contribution in [1.29, 1.82) is 0 Å². The van der Waals surface area contributed by atoms with Gasteiger partial charge in [0.05, 0.1) is 10.4 Å². The van der Waals surface area contributed by atoms with Crippen LogP contribution in [0.4, 0.5) is 5.69 Å². The first-order valence-electron chi connectivity index (χ1n) is 7.16. The summed E-state index contributed by atoms with van der Waals surface area (Å²) in [7, 11) is 0. The van der Waals surface area contributed by atoms with Crippen molar-refractivity contribution in [3.8, 4) is 0 Å². The summed E-state index contributed by atoms with van der Waals surface area (Å²) < 4.78 is 1.41. The van der Waals surface area contributed by atoms with E-state index in [1.165, 1.54) is 28.9 Å². The number of hydrogen-bond acceptors (Lipinski definition) is 6. The highest BCUT2D eigenvalue weighted by Crippen LogP contribution is 2.11. The molecule has 0 radical (unpaired) electrons. The quantitative estimate of drug-likeness (QED) is 0.533. The molecule has 3 rings (SSSR count). The minimum atomic E-state index is -0.591. The van der Waals surface area contributed by atoms with Gasteiger partial charge in [0.2, 0.25) is 0 Å². The normalized spacial score (nSPS) is 10.4. The molecule has 0 aliphatic heterocycles. The lowest BCUT2D eigenvalue weighted by atomic mass is 10.2. The fourth-order valence-electron chi connectivity index (χ4n) is 2.14. The molecule has 10 heteroatoms. The minimum Gasteiger partial charge on any atom is -0.271 e. The summed E-state index contributed by atoms with van der Waals surface area (Å²) in [6.07, 6.45) is 0. The van der Waals surface area contributed by atoms with Gasteiger partial charge in [-0.05, 0) is 24.3 Å². The number of fused-ring (bicyclic) bond motifs is 1. The van der Waals surface area contributed by atoms with Crippen LogP contribution < -0.4 is 10.9 Å². The first kappa shape index (κ1) is 16.1. The molecule has 2 amide bonds. The van der Waals surface area contributed by atoms with Crippen LogP contribution in [0.2, 0.25) is 0 Å². The van der Waals surface area contributed by atoms with Crippen molar-refractivity contribution in [2.45, 2.75) is 6.54 Å². The molecule has 0 spiro atoms. The molecule has 0 bridgehead atoms. The van der Waals surface area contributed by atoms with Gasteiger partial charge in [-0.2, -0.15) is 0 Å². The highest BCUT2D eigenvalue weighted by atomic mass is 16.6. The van der Waals surface area contributed by atoms with Gasteiger partial charge in [0, 0.05) is 17.7 Å². The van der Waals surface area contributed by atoms with Crippen LogP contribution in [0.1, 0.15) is 10.4 Å². The Balaban J connectivity index is 1.58. The molecule has 0 atom stereocenters. The molecule has 3 aromatic rings. The fourth-order valence-corrected chi connectivity index (χ4v) is 2.14. The molecule has 126 valence electrons. The van der Waals surface area contributed by atoms with E-state index >= 15 is 0 Å². The fraction of sp³-hybridized carbons (Fsp3) is 0.0667. The number of hydrogen-bond donors (Lipinski definition) is 2. The van der Waals surface area contributed by atoms with E-state index in [9.17, 15) is 19.7 Å². The van der Waals surface area contributed by atoms with E-state index in [0.29, 0.717) is 11.0 Å². The largest absolute Gasteiger partial charge is 0.271 e. The van der Waals surface area contributed by atoms with E-state index in [2.05, 4.69) is 21.2 Å². The molecular formula is C15H12N6O4. The van der Waals surface area contributed by atoms with Gasteiger partial charge >= 0.3 is 0 Å². The van der Waals surface area contributed by atoms with Gasteiger partial charge in [0.25, 0.3) is 17.5 Å². The lowest BCUT2D eigenvalue weighted by Crippen LogP contribution is -2.43. The first-order valence-corrected chi connectivity index (χ1v) is 7.16. The van der Waals surface area contributed by atoms with Crippen LogP contribution in [0.3, 0.4) is 0 Å². The van der Waals surface area contributed by atoms with Crippen LogP contribution in [0, 0.1) is 10.1 Å². The molecule has 10 nitrogen and oxygen atoms in total. The third-order valence-corrected chi connectivity index (χ3v) is 3.37. The number of amides is 2. The van der Waals surface area contributed by atoms with Crippen LogP contribution in [0.5, 0.6) is 0 Å². The Bertz CT molecular complexity index is 950. The van der Waals surface area contributed by atoms with Gasteiger partial charge in [-0.25, -0.2) is 4.68 Å². The van der Waals surface area contributed by atoms with Crippen LogP contribution in [0.15, 0.2) is 48.5 Å². The molecule has 2 aromatic carbocycles. The Morgan fingerprint density at radius 3 is 2.52 bits per heavy atom. The first-order chi connectivity index (χ1) is 12.0. The Kier molecular flexibility index (Phi) is 4.33. The number of nitrogens with one attached hydrogen (secondary N) is 2. The Morgan fingerprint density at radius 1 is 1.08 bits per heavy atom. The molecule has 0 unspecified atom stereocenters. The van der Waals surface area contributed by atoms with Crippen molar-refractivity contribution < 1.29 is 14.5 Å². The maximum Gasteiger partial charge on any atom is 0.269 e. The summed E-state index contributed by atoms with van der Waals surface area (Å²) in [4.78, 5) is 33.9. The second-order valence-electron chi connectivity index (χ2n) is 5.04. The lowest BCUT2D eigenvalue weighted by molar-refractivity contribution is -0.384. The predicted molar refractivity (Wildman–Crippen MR) is 86.2 cm³/mol. The molecule has 1 heterocycles. The number of para-hydroxylation sites is 1. The minimum absolute atomic E-state index is 0.124. The number of carbonyl (C=O) groups excluding carboxylic acids is 2. The van der Waals surface area contributed by atoms with Crippen molar-refractivity contribution in [2.75, 3.05) is 0 Å². The van der Waals surface area contributed by atoms with Gasteiger partial charge in [0.1, 0.15) is 12.1 Å². The summed E-state index contributed by atoms with van der Waals surface area (Å²) in [5.74, 6) is -1.09. The molecule has 2 N–H and O–H groups in total. The standard InChI is InChI=1S/C15H12N6O4/c22-14(9-20-13-4-2-1-3-12(13)16-19-20)17-18-15(23)10-5-7-11(8-6-10)21(24)25/h1-8H,9H2,(H,17,22)(H,18,23). The second-order valence-corrected chi connectivity index (χ2v) is 5.04. The lowest BCUT2D eigenvalue weighted by Gasteiger charge is -2.07. The van der Waals surface area contributed by atoms with Gasteiger partial charge in [-0.1, -0.05) is 17.3 Å². The van der Waals surface area contributed by atoms with Crippen molar-refractivity contribution in [2.24, 2.45) is 0 Å². The smallest absolute Gasteiger partial charge is 0.269 e. The zero-order valence-corrected chi connectivity index (χ0v) is 12.7. The molecule has 0 fully saturated rings.